The summed E-state index contributed by atoms with van der Waals surface area (Å²) >= 11 is 0. The Bertz CT molecular complexity index is 637. The third kappa shape index (κ3) is 1.98. The van der Waals surface area contributed by atoms with Crippen LogP contribution in [0.5, 0.6) is 0 Å². The lowest BCUT2D eigenvalue weighted by Crippen LogP contribution is -2.26. The fourth-order valence-electron chi connectivity index (χ4n) is 2.67. The van der Waals surface area contributed by atoms with Crippen molar-refractivity contribution in [3.05, 3.63) is 39.8 Å². The molecule has 3 rings (SSSR count). The minimum Gasteiger partial charge on any atom is -0.457 e. The predicted molar refractivity (Wildman–Crippen MR) is 70.0 cm³/mol. The van der Waals surface area contributed by atoms with E-state index in [1.807, 2.05) is 6.07 Å². The van der Waals surface area contributed by atoms with Crippen LogP contribution < -0.4 is 4.90 Å². The zero-order chi connectivity index (χ0) is 14.1. The number of rotatable bonds is 3. The van der Waals surface area contributed by atoms with Crippen molar-refractivity contribution in [2.45, 2.75) is 13.0 Å². The van der Waals surface area contributed by atoms with Crippen LogP contribution in [0.4, 0.5) is 5.69 Å². The molecule has 0 radical (unpaired) electrons. The van der Waals surface area contributed by atoms with E-state index in [0.29, 0.717) is 25.1 Å². The predicted octanol–water partition coefficient (Wildman–Crippen LogP) is 2.02. The van der Waals surface area contributed by atoms with E-state index >= 15 is 0 Å². The molecular weight excluding hydrogens is 260 g/mol. The summed E-state index contributed by atoms with van der Waals surface area (Å²) < 4.78 is 5.01. The van der Waals surface area contributed by atoms with Crippen LogP contribution in [0.25, 0.3) is 10.4 Å². The average molecular weight is 272 g/mol. The molecule has 1 unspecified atom stereocenters. The Hall–Kier alpha value is -2.53. The van der Waals surface area contributed by atoms with Crippen LogP contribution in [0.2, 0.25) is 0 Å². The first-order chi connectivity index (χ1) is 9.70. The molecule has 102 valence electrons. The molecule has 1 aromatic carbocycles. The Morgan fingerprint density at radius 2 is 2.30 bits per heavy atom. The molecule has 2 heterocycles. The maximum Gasteiger partial charge on any atom is 0.338 e. The first-order valence-corrected chi connectivity index (χ1v) is 6.31. The second-order valence-corrected chi connectivity index (χ2v) is 4.87. The highest BCUT2D eigenvalue weighted by Gasteiger charge is 2.34. The van der Waals surface area contributed by atoms with Gasteiger partial charge in [-0.2, -0.15) is 0 Å². The van der Waals surface area contributed by atoms with E-state index in [2.05, 4.69) is 10.0 Å². The van der Waals surface area contributed by atoms with Gasteiger partial charge in [-0.25, -0.2) is 4.79 Å². The van der Waals surface area contributed by atoms with Crippen LogP contribution in [0, 0.1) is 5.92 Å². The van der Waals surface area contributed by atoms with Crippen LogP contribution in [0.1, 0.15) is 22.3 Å². The Balaban J connectivity index is 1.89. The molecule has 0 bridgehead atoms. The topological polar surface area (TPSA) is 95.4 Å². The number of nitrogens with zero attached hydrogens (tertiary/aromatic N) is 4. The number of hydrogen-bond donors (Lipinski definition) is 0. The number of cyclic esters (lactones) is 1. The molecule has 1 saturated heterocycles. The molecule has 2 aliphatic heterocycles. The van der Waals surface area contributed by atoms with Gasteiger partial charge in [-0.15, -0.1) is 0 Å². The molecule has 2 aliphatic rings. The molecule has 0 saturated carbocycles. The Kier molecular flexibility index (Phi) is 3.04. The lowest BCUT2D eigenvalue weighted by molar-refractivity contribution is -0.117. The zero-order valence-corrected chi connectivity index (χ0v) is 10.7. The van der Waals surface area contributed by atoms with Crippen LogP contribution in [0.15, 0.2) is 23.3 Å². The molecule has 1 atom stereocenters. The third-order valence-corrected chi connectivity index (χ3v) is 3.62. The highest BCUT2D eigenvalue weighted by Crippen LogP contribution is 2.33. The minimum absolute atomic E-state index is 0.0177. The van der Waals surface area contributed by atoms with E-state index in [1.165, 1.54) is 0 Å². The molecule has 1 aromatic rings. The fourth-order valence-corrected chi connectivity index (χ4v) is 2.67. The molecule has 0 spiro atoms. The second-order valence-electron chi connectivity index (χ2n) is 4.87. The van der Waals surface area contributed by atoms with Gasteiger partial charge in [0, 0.05) is 30.0 Å². The van der Waals surface area contributed by atoms with Gasteiger partial charge in [-0.1, -0.05) is 11.2 Å². The van der Waals surface area contributed by atoms with Gasteiger partial charge in [0.05, 0.1) is 11.3 Å². The van der Waals surface area contributed by atoms with Gasteiger partial charge >= 0.3 is 5.97 Å². The van der Waals surface area contributed by atoms with Gasteiger partial charge in [0.25, 0.3) is 0 Å². The molecule has 0 N–H and O–H groups in total. The van der Waals surface area contributed by atoms with Crippen LogP contribution >= 0.6 is 0 Å². The van der Waals surface area contributed by atoms with Crippen LogP contribution in [-0.2, 0) is 16.1 Å². The quantitative estimate of drug-likeness (QED) is 0.364. The standard InChI is InChI=1S/C13H12N4O3/c14-16-15-5-8-4-12(18)17(6-8)11-3-1-2-9-10(11)7-20-13(9)19/h1-3,8H,4-7H2. The lowest BCUT2D eigenvalue weighted by atomic mass is 10.1. The zero-order valence-electron chi connectivity index (χ0n) is 10.7. The summed E-state index contributed by atoms with van der Waals surface area (Å²) in [5, 5.41) is 3.52. The number of carbonyl (C=O) groups excluding carboxylic acids is 2. The van der Waals surface area contributed by atoms with E-state index < -0.39 is 0 Å². The molecule has 0 aromatic heterocycles. The van der Waals surface area contributed by atoms with Gasteiger partial charge in [0.1, 0.15) is 6.61 Å². The van der Waals surface area contributed by atoms with E-state index in [0.717, 1.165) is 11.3 Å². The van der Waals surface area contributed by atoms with Crippen molar-refractivity contribution < 1.29 is 14.3 Å². The lowest BCUT2D eigenvalue weighted by Gasteiger charge is -2.19. The first kappa shape index (κ1) is 12.5. The first-order valence-electron chi connectivity index (χ1n) is 6.31. The van der Waals surface area contributed by atoms with Crippen molar-refractivity contribution in [3.8, 4) is 0 Å². The number of benzene rings is 1. The molecular formula is C13H12N4O3. The summed E-state index contributed by atoms with van der Waals surface area (Å²) in [7, 11) is 0. The minimum atomic E-state index is -0.348. The maximum absolute atomic E-state index is 12.1. The number of amides is 1. The molecule has 7 heteroatoms. The van der Waals surface area contributed by atoms with Crippen molar-refractivity contribution in [1.29, 1.82) is 0 Å². The van der Waals surface area contributed by atoms with E-state index in [9.17, 15) is 9.59 Å². The smallest absolute Gasteiger partial charge is 0.338 e. The number of fused-ring (bicyclic) bond motifs is 1. The highest BCUT2D eigenvalue weighted by atomic mass is 16.5. The van der Waals surface area contributed by atoms with Crippen LogP contribution in [-0.4, -0.2) is 25.0 Å². The summed E-state index contributed by atoms with van der Waals surface area (Å²) in [5.74, 6) is -0.345. The molecule has 7 nitrogen and oxygen atoms in total. The molecule has 1 fully saturated rings. The Morgan fingerprint density at radius 1 is 1.45 bits per heavy atom. The van der Waals surface area contributed by atoms with Gasteiger partial charge < -0.3 is 9.64 Å². The number of carbonyl (C=O) groups is 2. The van der Waals surface area contributed by atoms with Crippen molar-refractivity contribution in [2.75, 3.05) is 18.0 Å². The number of esters is 1. The van der Waals surface area contributed by atoms with E-state index in [-0.39, 0.29) is 24.4 Å². The Labute approximate surface area is 114 Å². The number of anilines is 1. The monoisotopic (exact) mass is 272 g/mol. The number of hydrogen-bond acceptors (Lipinski definition) is 4. The third-order valence-electron chi connectivity index (χ3n) is 3.62. The summed E-state index contributed by atoms with van der Waals surface area (Å²) in [6, 6.07) is 5.26. The summed E-state index contributed by atoms with van der Waals surface area (Å²) in [6.45, 7) is 1.01. The summed E-state index contributed by atoms with van der Waals surface area (Å²) in [5.41, 5.74) is 10.3. The van der Waals surface area contributed by atoms with Gasteiger partial charge in [0.15, 0.2) is 0 Å². The van der Waals surface area contributed by atoms with Crippen molar-refractivity contribution in [1.82, 2.24) is 0 Å². The van der Waals surface area contributed by atoms with Crippen LogP contribution in [0.3, 0.4) is 0 Å². The summed E-state index contributed by atoms with van der Waals surface area (Å²) in [6.07, 6.45) is 0.359. The number of ether oxygens (including phenoxy) is 1. The molecule has 1 amide bonds. The van der Waals surface area contributed by atoms with Crippen molar-refractivity contribution in [3.63, 3.8) is 0 Å². The average Bonchev–Trinajstić information content (AvgIpc) is 3.00. The number of azide groups is 1. The van der Waals surface area contributed by atoms with Crippen molar-refractivity contribution >= 4 is 17.6 Å². The maximum atomic E-state index is 12.1. The fraction of sp³-hybridized carbons (Fsp3) is 0.385. The Morgan fingerprint density at radius 3 is 3.10 bits per heavy atom. The van der Waals surface area contributed by atoms with Gasteiger partial charge in [-0.05, 0) is 23.6 Å². The molecule has 0 aliphatic carbocycles. The normalized spacial score (nSPS) is 20.6. The van der Waals surface area contributed by atoms with Gasteiger partial charge in [-0.3, -0.25) is 4.79 Å². The molecule has 20 heavy (non-hydrogen) atoms. The SMILES string of the molecule is [N-]=[N+]=NCC1CC(=O)N(c2cccc3c2COC3=O)C1. The highest BCUT2D eigenvalue weighted by molar-refractivity contribution is 6.01. The van der Waals surface area contributed by atoms with Gasteiger partial charge in [0.2, 0.25) is 5.91 Å². The second kappa shape index (κ2) is 4.86. The van der Waals surface area contributed by atoms with Crippen molar-refractivity contribution in [2.24, 2.45) is 11.0 Å². The van der Waals surface area contributed by atoms with E-state index in [1.54, 1.807) is 17.0 Å². The largest absolute Gasteiger partial charge is 0.457 e. The van der Waals surface area contributed by atoms with E-state index in [4.69, 9.17) is 10.3 Å². The summed E-state index contributed by atoms with van der Waals surface area (Å²) in [4.78, 5) is 28.0.